The van der Waals surface area contributed by atoms with Crippen molar-refractivity contribution in [3.63, 3.8) is 0 Å². The van der Waals surface area contributed by atoms with Crippen LogP contribution in [0.25, 0.3) is 0 Å². The molecule has 0 radical (unpaired) electrons. The summed E-state index contributed by atoms with van der Waals surface area (Å²) in [5.74, 6) is 0.574. The van der Waals surface area contributed by atoms with Gasteiger partial charge in [-0.2, -0.15) is 18.4 Å². The van der Waals surface area contributed by atoms with E-state index < -0.39 is 12.8 Å². The number of benzene rings is 1. The molecular weight excluding hydrogens is 247 g/mol. The first-order valence-corrected chi connectivity index (χ1v) is 5.29. The number of rotatable bonds is 6. The zero-order chi connectivity index (χ0) is 13.4. The monoisotopic (exact) mass is 259 g/mol. The summed E-state index contributed by atoms with van der Waals surface area (Å²) in [6, 6.07) is 8.45. The lowest BCUT2D eigenvalue weighted by Crippen LogP contribution is -2.18. The zero-order valence-corrected chi connectivity index (χ0v) is 9.54. The van der Waals surface area contributed by atoms with Crippen molar-refractivity contribution in [3.8, 4) is 11.8 Å². The summed E-state index contributed by atoms with van der Waals surface area (Å²) in [6.45, 7) is -0.969. The Kier molecular flexibility index (Phi) is 5.46. The fourth-order valence-electron chi connectivity index (χ4n) is 1.16. The van der Waals surface area contributed by atoms with Crippen LogP contribution < -0.4 is 4.74 Å². The van der Waals surface area contributed by atoms with E-state index in [4.69, 9.17) is 10.00 Å². The minimum atomic E-state index is -4.28. The largest absolute Gasteiger partial charge is 0.494 e. The Bertz CT molecular complexity index is 395. The minimum Gasteiger partial charge on any atom is -0.494 e. The molecule has 0 amide bonds. The van der Waals surface area contributed by atoms with Crippen LogP contribution in [0.5, 0.6) is 5.75 Å². The molecule has 1 aromatic carbocycles. The van der Waals surface area contributed by atoms with E-state index in [1.165, 1.54) is 0 Å². The van der Waals surface area contributed by atoms with Crippen LogP contribution in [0.2, 0.25) is 0 Å². The van der Waals surface area contributed by atoms with Gasteiger partial charge in [-0.1, -0.05) is 0 Å². The van der Waals surface area contributed by atoms with Gasteiger partial charge in [0.05, 0.1) is 24.8 Å². The molecule has 3 nitrogen and oxygen atoms in total. The van der Waals surface area contributed by atoms with Crippen molar-refractivity contribution >= 4 is 0 Å². The molecule has 0 atom stereocenters. The molecule has 18 heavy (non-hydrogen) atoms. The fourth-order valence-corrected chi connectivity index (χ4v) is 1.16. The molecule has 98 valence electrons. The van der Waals surface area contributed by atoms with Gasteiger partial charge in [0.2, 0.25) is 0 Å². The van der Waals surface area contributed by atoms with E-state index in [-0.39, 0.29) is 13.2 Å². The van der Waals surface area contributed by atoms with Crippen LogP contribution in [-0.4, -0.2) is 26.0 Å². The molecule has 0 aliphatic rings. The van der Waals surface area contributed by atoms with E-state index in [1.807, 2.05) is 6.07 Å². The van der Waals surface area contributed by atoms with Gasteiger partial charge in [-0.3, -0.25) is 0 Å². The van der Waals surface area contributed by atoms with Crippen LogP contribution in [0.15, 0.2) is 24.3 Å². The molecule has 0 saturated carbocycles. The quantitative estimate of drug-likeness (QED) is 0.738. The van der Waals surface area contributed by atoms with E-state index in [1.54, 1.807) is 24.3 Å². The Morgan fingerprint density at radius 3 is 2.33 bits per heavy atom. The molecule has 0 heterocycles. The third-order valence-corrected chi connectivity index (χ3v) is 1.95. The maximum Gasteiger partial charge on any atom is 0.411 e. The molecule has 1 rings (SSSR count). The summed E-state index contributed by atoms with van der Waals surface area (Å²) in [5, 5.41) is 8.57. The molecule has 0 aromatic heterocycles. The predicted octanol–water partition coefficient (Wildman–Crippen LogP) is 2.91. The van der Waals surface area contributed by atoms with Crippen LogP contribution in [0, 0.1) is 11.3 Å². The highest BCUT2D eigenvalue weighted by Gasteiger charge is 2.27. The van der Waals surface area contributed by atoms with Crippen molar-refractivity contribution in [1.29, 1.82) is 5.26 Å². The van der Waals surface area contributed by atoms with Gasteiger partial charge in [-0.15, -0.1) is 0 Å². The highest BCUT2D eigenvalue weighted by Crippen LogP contribution is 2.14. The van der Waals surface area contributed by atoms with E-state index in [0.29, 0.717) is 17.7 Å². The average Bonchev–Trinajstić information content (AvgIpc) is 2.33. The average molecular weight is 259 g/mol. The van der Waals surface area contributed by atoms with Crippen LogP contribution in [0.4, 0.5) is 13.2 Å². The Labute approximate surface area is 103 Å². The number of hydrogen-bond donors (Lipinski definition) is 0. The molecule has 0 fully saturated rings. The maximum atomic E-state index is 11.7. The summed E-state index contributed by atoms with van der Waals surface area (Å²) in [7, 11) is 0. The first kappa shape index (κ1) is 14.3. The van der Waals surface area contributed by atoms with Crippen molar-refractivity contribution in [2.75, 3.05) is 19.8 Å². The minimum absolute atomic E-state index is 0.00418. The van der Waals surface area contributed by atoms with E-state index in [2.05, 4.69) is 4.74 Å². The van der Waals surface area contributed by atoms with Gasteiger partial charge in [-0.25, -0.2) is 0 Å². The van der Waals surface area contributed by atoms with Crippen molar-refractivity contribution in [3.05, 3.63) is 29.8 Å². The van der Waals surface area contributed by atoms with Crippen molar-refractivity contribution in [1.82, 2.24) is 0 Å². The number of hydrogen-bond acceptors (Lipinski definition) is 3. The van der Waals surface area contributed by atoms with Gasteiger partial charge in [0.1, 0.15) is 12.4 Å². The van der Waals surface area contributed by atoms with Gasteiger partial charge in [0.25, 0.3) is 0 Å². The van der Waals surface area contributed by atoms with E-state index in [9.17, 15) is 13.2 Å². The molecule has 0 aliphatic heterocycles. The SMILES string of the molecule is N#Cc1ccc(OCCCOCC(F)(F)F)cc1. The Morgan fingerprint density at radius 1 is 1.11 bits per heavy atom. The summed E-state index contributed by atoms with van der Waals surface area (Å²) in [6.07, 6.45) is -3.91. The summed E-state index contributed by atoms with van der Waals surface area (Å²) >= 11 is 0. The molecule has 6 heteroatoms. The van der Waals surface area contributed by atoms with E-state index >= 15 is 0 Å². The molecule has 0 bridgehead atoms. The van der Waals surface area contributed by atoms with Gasteiger partial charge >= 0.3 is 6.18 Å². The second-order valence-electron chi connectivity index (χ2n) is 3.51. The molecule has 0 aliphatic carbocycles. The third-order valence-electron chi connectivity index (χ3n) is 1.95. The first-order valence-electron chi connectivity index (χ1n) is 5.29. The van der Waals surface area contributed by atoms with Crippen LogP contribution in [0.3, 0.4) is 0 Å². The number of nitriles is 1. The summed E-state index contributed by atoms with van der Waals surface area (Å²) < 4.78 is 44.8. The molecule has 1 aromatic rings. The summed E-state index contributed by atoms with van der Waals surface area (Å²) in [4.78, 5) is 0. The normalized spacial score (nSPS) is 11.0. The zero-order valence-electron chi connectivity index (χ0n) is 9.54. The molecule has 0 spiro atoms. The van der Waals surface area contributed by atoms with Crippen molar-refractivity contribution in [2.45, 2.75) is 12.6 Å². The van der Waals surface area contributed by atoms with Gasteiger partial charge < -0.3 is 9.47 Å². The van der Waals surface area contributed by atoms with Crippen molar-refractivity contribution in [2.24, 2.45) is 0 Å². The maximum absolute atomic E-state index is 11.7. The smallest absolute Gasteiger partial charge is 0.411 e. The topological polar surface area (TPSA) is 42.2 Å². The number of halogens is 3. The predicted molar refractivity (Wildman–Crippen MR) is 58.1 cm³/mol. The van der Waals surface area contributed by atoms with Gasteiger partial charge in [-0.05, 0) is 24.3 Å². The molecule has 0 unspecified atom stereocenters. The number of alkyl halides is 3. The lowest BCUT2D eigenvalue weighted by atomic mass is 10.2. The molecular formula is C12H12F3NO2. The Morgan fingerprint density at radius 2 is 1.78 bits per heavy atom. The Balaban J connectivity index is 2.12. The van der Waals surface area contributed by atoms with E-state index in [0.717, 1.165) is 0 Å². The van der Waals surface area contributed by atoms with Gasteiger partial charge in [0.15, 0.2) is 0 Å². The number of ether oxygens (including phenoxy) is 2. The second-order valence-corrected chi connectivity index (χ2v) is 3.51. The third kappa shape index (κ3) is 6.11. The fraction of sp³-hybridized carbons (Fsp3) is 0.417. The second kappa shape index (κ2) is 6.87. The molecule has 0 N–H and O–H groups in total. The van der Waals surface area contributed by atoms with Crippen molar-refractivity contribution < 1.29 is 22.6 Å². The first-order chi connectivity index (χ1) is 8.51. The lowest BCUT2D eigenvalue weighted by Gasteiger charge is -2.08. The summed E-state index contributed by atoms with van der Waals surface area (Å²) in [5.41, 5.74) is 0.524. The van der Waals surface area contributed by atoms with Gasteiger partial charge in [0, 0.05) is 6.42 Å². The highest BCUT2D eigenvalue weighted by atomic mass is 19.4. The standard InChI is InChI=1S/C12H12F3NO2/c13-12(14,15)9-17-6-1-7-18-11-4-2-10(8-16)3-5-11/h2-5H,1,6-7,9H2. The molecule has 0 saturated heterocycles. The van der Waals surface area contributed by atoms with Crippen LogP contribution in [0.1, 0.15) is 12.0 Å². The Hall–Kier alpha value is -1.74. The lowest BCUT2D eigenvalue weighted by molar-refractivity contribution is -0.174. The van der Waals surface area contributed by atoms with Crippen LogP contribution >= 0.6 is 0 Å². The van der Waals surface area contributed by atoms with Crippen LogP contribution in [-0.2, 0) is 4.74 Å². The number of nitrogens with zero attached hydrogens (tertiary/aromatic N) is 1. The highest BCUT2D eigenvalue weighted by molar-refractivity contribution is 5.34.